The van der Waals surface area contributed by atoms with Crippen LogP contribution in [0.1, 0.15) is 16.8 Å². The molecule has 0 bridgehead atoms. The van der Waals surface area contributed by atoms with Crippen LogP contribution in [-0.4, -0.2) is 34.2 Å². The Kier molecular flexibility index (Phi) is 2.99. The van der Waals surface area contributed by atoms with Gasteiger partial charge >= 0.3 is 5.97 Å². The quantitative estimate of drug-likeness (QED) is 0.485. The Balaban J connectivity index is 2.65. The molecule has 2 rings (SSSR count). The van der Waals surface area contributed by atoms with Gasteiger partial charge in [0, 0.05) is 6.07 Å². The number of rotatable bonds is 3. The van der Waals surface area contributed by atoms with Gasteiger partial charge in [0.05, 0.1) is 23.5 Å². The number of aromatic carboxylic acids is 1. The highest BCUT2D eigenvalue weighted by Crippen LogP contribution is 2.34. The second kappa shape index (κ2) is 4.48. The molecule has 0 saturated carbocycles. The van der Waals surface area contributed by atoms with E-state index in [0.29, 0.717) is 0 Å². The molecule has 0 aliphatic carbocycles. The highest BCUT2D eigenvalue weighted by molar-refractivity contribution is 6.17. The number of hydrogen-bond acceptors (Lipinski definition) is 5. The third-order valence-electron chi connectivity index (χ3n) is 2.70. The van der Waals surface area contributed by atoms with Crippen LogP contribution < -0.4 is 4.90 Å². The minimum absolute atomic E-state index is 0.337. The van der Waals surface area contributed by atoms with E-state index in [1.807, 2.05) is 0 Å². The molecule has 98 valence electrons. The molecule has 8 nitrogen and oxygen atoms in total. The molecule has 1 saturated heterocycles. The van der Waals surface area contributed by atoms with Gasteiger partial charge in [0.1, 0.15) is 5.69 Å². The van der Waals surface area contributed by atoms with Crippen molar-refractivity contribution >= 4 is 29.0 Å². The Morgan fingerprint density at radius 3 is 2.53 bits per heavy atom. The van der Waals surface area contributed by atoms with Crippen LogP contribution in [0.3, 0.4) is 0 Å². The molecule has 1 N–H and O–H groups in total. The molecule has 1 aromatic carbocycles. The van der Waals surface area contributed by atoms with Crippen molar-refractivity contribution in [2.75, 3.05) is 11.4 Å². The lowest BCUT2D eigenvalue weighted by molar-refractivity contribution is -0.384. The summed E-state index contributed by atoms with van der Waals surface area (Å²) < 4.78 is 0. The van der Waals surface area contributed by atoms with Crippen LogP contribution in [0.15, 0.2) is 18.2 Å². The molecule has 0 spiro atoms. The second-order valence-electron chi connectivity index (χ2n) is 3.93. The third-order valence-corrected chi connectivity index (χ3v) is 2.70. The molecule has 0 unspecified atom stereocenters. The number of carbonyl (C=O) groups is 3. The molecular weight excluding hydrogens is 256 g/mol. The van der Waals surface area contributed by atoms with Crippen molar-refractivity contribution in [1.29, 1.82) is 0 Å². The van der Waals surface area contributed by atoms with Crippen LogP contribution in [-0.2, 0) is 9.59 Å². The number of nitro benzene ring substituents is 1. The summed E-state index contributed by atoms with van der Waals surface area (Å²) in [5, 5.41) is 20.0. The van der Waals surface area contributed by atoms with E-state index >= 15 is 0 Å². The smallest absolute Gasteiger partial charge is 0.338 e. The summed E-state index contributed by atoms with van der Waals surface area (Å²) in [6.07, 6.45) is -0.370. The highest BCUT2D eigenvalue weighted by Gasteiger charge is 2.36. The lowest BCUT2D eigenvalue weighted by Gasteiger charge is -2.16. The first-order chi connectivity index (χ1) is 8.91. The molecule has 0 radical (unpaired) electrons. The summed E-state index contributed by atoms with van der Waals surface area (Å²) in [5.74, 6) is -2.44. The maximum Gasteiger partial charge on any atom is 0.338 e. The van der Waals surface area contributed by atoms with Gasteiger partial charge in [0.2, 0.25) is 5.91 Å². The molecule has 19 heavy (non-hydrogen) atoms. The average molecular weight is 264 g/mol. The minimum Gasteiger partial charge on any atom is -0.478 e. The molecular formula is C11H8N2O6. The van der Waals surface area contributed by atoms with Crippen molar-refractivity contribution in [3.63, 3.8) is 0 Å². The van der Waals surface area contributed by atoms with Crippen LogP contribution >= 0.6 is 0 Å². The summed E-state index contributed by atoms with van der Waals surface area (Å²) in [7, 11) is 0. The molecule has 1 amide bonds. The fourth-order valence-electron chi connectivity index (χ4n) is 1.92. The number of Topliss-reactive ketones (excluding diaryl/α,β-unsaturated/α-hetero) is 1. The number of nitrogens with zero attached hydrogens (tertiary/aromatic N) is 2. The van der Waals surface area contributed by atoms with Crippen LogP contribution in [0.4, 0.5) is 11.4 Å². The van der Waals surface area contributed by atoms with Gasteiger partial charge in [-0.15, -0.1) is 0 Å². The van der Waals surface area contributed by atoms with E-state index in [0.717, 1.165) is 17.0 Å². The maximum atomic E-state index is 11.6. The number of anilines is 1. The number of ketones is 1. The Bertz CT molecular complexity index is 577. The van der Waals surface area contributed by atoms with Gasteiger partial charge in [0.15, 0.2) is 5.78 Å². The van der Waals surface area contributed by atoms with Crippen LogP contribution in [0.2, 0.25) is 0 Å². The molecule has 1 aromatic rings. The molecule has 8 heteroatoms. The third kappa shape index (κ3) is 2.15. The van der Waals surface area contributed by atoms with Gasteiger partial charge in [-0.05, 0) is 6.07 Å². The van der Waals surface area contributed by atoms with E-state index in [1.165, 1.54) is 6.07 Å². The number of nitro groups is 1. The second-order valence-corrected chi connectivity index (χ2v) is 3.93. The number of hydrogen-bond donors (Lipinski definition) is 1. The van der Waals surface area contributed by atoms with E-state index in [1.54, 1.807) is 0 Å². The maximum absolute atomic E-state index is 11.6. The van der Waals surface area contributed by atoms with Crippen molar-refractivity contribution in [2.24, 2.45) is 0 Å². The van der Waals surface area contributed by atoms with Crippen molar-refractivity contribution < 1.29 is 24.4 Å². The summed E-state index contributed by atoms with van der Waals surface area (Å²) in [5.41, 5.74) is -1.23. The van der Waals surface area contributed by atoms with E-state index in [9.17, 15) is 24.5 Å². The van der Waals surface area contributed by atoms with Crippen molar-refractivity contribution in [2.45, 2.75) is 6.42 Å². The van der Waals surface area contributed by atoms with Gasteiger partial charge in [-0.1, -0.05) is 6.07 Å². The van der Waals surface area contributed by atoms with Gasteiger partial charge in [-0.2, -0.15) is 0 Å². The van der Waals surface area contributed by atoms with Crippen molar-refractivity contribution in [1.82, 2.24) is 0 Å². The number of carboxylic acids is 1. The monoisotopic (exact) mass is 264 g/mol. The molecule has 0 aromatic heterocycles. The van der Waals surface area contributed by atoms with E-state index in [4.69, 9.17) is 5.11 Å². The number of para-hydroxylation sites is 1. The van der Waals surface area contributed by atoms with Crippen molar-refractivity contribution in [3.05, 3.63) is 33.9 Å². The Morgan fingerprint density at radius 1 is 1.37 bits per heavy atom. The summed E-state index contributed by atoms with van der Waals surface area (Å²) in [6.45, 7) is -0.343. The molecule has 0 atom stereocenters. The number of amides is 1. The zero-order valence-electron chi connectivity index (χ0n) is 9.53. The Labute approximate surface area is 106 Å². The average Bonchev–Trinajstić information content (AvgIpc) is 2.67. The predicted molar refractivity (Wildman–Crippen MR) is 62.0 cm³/mol. The fraction of sp³-hybridized carbons (Fsp3) is 0.182. The van der Waals surface area contributed by atoms with Gasteiger partial charge < -0.3 is 5.11 Å². The van der Waals surface area contributed by atoms with E-state index in [2.05, 4.69) is 0 Å². The summed E-state index contributed by atoms with van der Waals surface area (Å²) >= 11 is 0. The van der Waals surface area contributed by atoms with Crippen LogP contribution in [0.25, 0.3) is 0 Å². The van der Waals surface area contributed by atoms with E-state index < -0.39 is 28.3 Å². The van der Waals surface area contributed by atoms with Crippen LogP contribution in [0.5, 0.6) is 0 Å². The fourth-order valence-corrected chi connectivity index (χ4v) is 1.92. The highest BCUT2D eigenvalue weighted by atomic mass is 16.6. The van der Waals surface area contributed by atoms with Gasteiger partial charge in [-0.3, -0.25) is 24.6 Å². The first kappa shape index (κ1) is 12.7. The zero-order valence-corrected chi connectivity index (χ0v) is 9.53. The summed E-state index contributed by atoms with van der Waals surface area (Å²) in [4.78, 5) is 44.9. The molecule has 1 heterocycles. The lowest BCUT2D eigenvalue weighted by atomic mass is 10.1. The Morgan fingerprint density at radius 2 is 2.05 bits per heavy atom. The van der Waals surface area contributed by atoms with Gasteiger partial charge in [0.25, 0.3) is 5.69 Å². The molecule has 1 aliphatic heterocycles. The van der Waals surface area contributed by atoms with Gasteiger partial charge in [-0.25, -0.2) is 4.79 Å². The van der Waals surface area contributed by atoms with Crippen LogP contribution in [0, 0.1) is 10.1 Å². The van der Waals surface area contributed by atoms with Crippen molar-refractivity contribution in [3.8, 4) is 0 Å². The summed E-state index contributed by atoms with van der Waals surface area (Å²) in [6, 6.07) is 3.46. The topological polar surface area (TPSA) is 118 Å². The zero-order chi connectivity index (χ0) is 14.2. The molecule has 1 fully saturated rings. The van der Waals surface area contributed by atoms with E-state index in [-0.39, 0.29) is 24.2 Å². The lowest BCUT2D eigenvalue weighted by Crippen LogP contribution is -2.27. The number of benzene rings is 1. The SMILES string of the molecule is O=C1CC(=O)N(c2c(C(=O)O)cccc2[N+](=O)[O-])C1. The largest absolute Gasteiger partial charge is 0.478 e. The normalized spacial score (nSPS) is 14.8. The standard InChI is InChI=1S/C11H8N2O6/c14-6-4-9(15)12(5-6)10-7(11(16)17)2-1-3-8(10)13(18)19/h1-3H,4-5H2,(H,16,17). The predicted octanol–water partition coefficient (Wildman–Crippen LogP) is 0.599. The minimum atomic E-state index is -1.40. The number of carboxylic acid groups (broad SMARTS) is 1. The Hall–Kier alpha value is -2.77. The first-order valence-corrected chi connectivity index (χ1v) is 5.24. The molecule has 1 aliphatic rings. The first-order valence-electron chi connectivity index (χ1n) is 5.24. The number of carbonyl (C=O) groups excluding carboxylic acids is 2.